The van der Waals surface area contributed by atoms with Gasteiger partial charge in [-0.15, -0.1) is 0 Å². The normalized spacial score (nSPS) is 13.5. The van der Waals surface area contributed by atoms with Crippen molar-refractivity contribution in [2.24, 2.45) is 0 Å². The standard InChI is InChI=1S/C30H26BrNO5/c1-2-15-36-30(34)28-27(21-11-7-4-8-12-21)24-17-22(31)13-14-23(24)29(33)32(28)25(26-18-35-19-37-26)16-20-9-5-3-6-10-20/h3-14,17-18,25H,2,15-16,19H2,1H3. The van der Waals surface area contributed by atoms with Crippen LogP contribution < -0.4 is 5.56 Å². The second-order valence-corrected chi connectivity index (χ2v) is 9.66. The summed E-state index contributed by atoms with van der Waals surface area (Å²) in [5, 5.41) is 1.16. The number of esters is 1. The van der Waals surface area contributed by atoms with E-state index in [0.29, 0.717) is 34.9 Å². The van der Waals surface area contributed by atoms with Crippen molar-refractivity contribution >= 4 is 32.7 Å². The zero-order valence-corrected chi connectivity index (χ0v) is 21.9. The number of hydrogen-bond acceptors (Lipinski definition) is 5. The van der Waals surface area contributed by atoms with Crippen molar-refractivity contribution in [1.29, 1.82) is 0 Å². The number of pyridine rings is 1. The van der Waals surface area contributed by atoms with Crippen molar-refractivity contribution < 1.29 is 19.0 Å². The third-order valence-corrected chi connectivity index (χ3v) is 6.77. The van der Waals surface area contributed by atoms with Crippen LogP contribution in [0, 0.1) is 0 Å². The number of aromatic nitrogens is 1. The second-order valence-electron chi connectivity index (χ2n) is 8.75. The lowest BCUT2D eigenvalue weighted by atomic mass is 9.95. The van der Waals surface area contributed by atoms with Crippen molar-refractivity contribution in [3.63, 3.8) is 0 Å². The maximum absolute atomic E-state index is 14.2. The summed E-state index contributed by atoms with van der Waals surface area (Å²) in [4.78, 5) is 28.0. The van der Waals surface area contributed by atoms with Crippen LogP contribution in [0.4, 0.5) is 0 Å². The SMILES string of the molecule is CCCOC(=O)c1c(-c2ccccc2)c2cc(Br)ccc2c(=O)n1C(Cc1ccccc1)C1=COCO1. The quantitative estimate of drug-likeness (QED) is 0.227. The largest absolute Gasteiger partial charge is 0.462 e. The highest BCUT2D eigenvalue weighted by Gasteiger charge is 2.32. The average Bonchev–Trinajstić information content (AvgIpc) is 3.46. The minimum Gasteiger partial charge on any atom is -0.462 e. The van der Waals surface area contributed by atoms with Gasteiger partial charge in [-0.25, -0.2) is 4.79 Å². The van der Waals surface area contributed by atoms with Gasteiger partial charge in [-0.3, -0.25) is 9.36 Å². The van der Waals surface area contributed by atoms with E-state index in [0.717, 1.165) is 15.6 Å². The van der Waals surface area contributed by atoms with Crippen LogP contribution in [-0.2, 0) is 20.6 Å². The van der Waals surface area contributed by atoms with Crippen LogP contribution in [0.1, 0.15) is 35.4 Å². The summed E-state index contributed by atoms with van der Waals surface area (Å²) in [7, 11) is 0. The maximum atomic E-state index is 14.2. The van der Waals surface area contributed by atoms with Crippen molar-refractivity contribution in [3.8, 4) is 11.1 Å². The number of benzene rings is 3. The fourth-order valence-corrected chi connectivity index (χ4v) is 4.99. The Hall–Kier alpha value is -3.84. The van der Waals surface area contributed by atoms with Gasteiger partial charge in [-0.05, 0) is 41.1 Å². The van der Waals surface area contributed by atoms with Gasteiger partial charge in [0.15, 0.2) is 5.76 Å². The van der Waals surface area contributed by atoms with E-state index in [9.17, 15) is 9.59 Å². The zero-order valence-electron chi connectivity index (χ0n) is 20.4. The molecule has 2 heterocycles. The smallest absolute Gasteiger partial charge is 0.355 e. The molecule has 3 aromatic carbocycles. The Bertz CT molecular complexity index is 1510. The van der Waals surface area contributed by atoms with Gasteiger partial charge in [-0.2, -0.15) is 0 Å². The molecule has 0 saturated carbocycles. The summed E-state index contributed by atoms with van der Waals surface area (Å²) in [5.74, 6) is -0.0803. The van der Waals surface area contributed by atoms with Crippen molar-refractivity contribution in [2.45, 2.75) is 25.8 Å². The molecule has 188 valence electrons. The molecule has 6 nitrogen and oxygen atoms in total. The lowest BCUT2D eigenvalue weighted by molar-refractivity contribution is 0.0483. The van der Waals surface area contributed by atoms with E-state index in [1.165, 1.54) is 10.8 Å². The predicted octanol–water partition coefficient (Wildman–Crippen LogP) is 6.63. The molecule has 5 rings (SSSR count). The molecular formula is C30H26BrNO5. The Morgan fingerprint density at radius 1 is 1.03 bits per heavy atom. The van der Waals surface area contributed by atoms with Gasteiger partial charge in [0, 0.05) is 21.8 Å². The van der Waals surface area contributed by atoms with Gasteiger partial charge in [0.2, 0.25) is 6.79 Å². The highest BCUT2D eigenvalue weighted by atomic mass is 79.9. The number of fused-ring (bicyclic) bond motifs is 1. The fraction of sp³-hybridized carbons (Fsp3) is 0.200. The van der Waals surface area contributed by atoms with Gasteiger partial charge in [0.25, 0.3) is 5.56 Å². The molecule has 0 fully saturated rings. The van der Waals surface area contributed by atoms with Gasteiger partial charge in [-0.1, -0.05) is 83.5 Å². The first-order valence-electron chi connectivity index (χ1n) is 12.2. The third kappa shape index (κ3) is 5.04. The summed E-state index contributed by atoms with van der Waals surface area (Å²) in [5.41, 5.74) is 2.31. The van der Waals surface area contributed by atoms with Crippen LogP contribution in [0.3, 0.4) is 0 Å². The highest BCUT2D eigenvalue weighted by molar-refractivity contribution is 9.10. The van der Waals surface area contributed by atoms with E-state index in [4.69, 9.17) is 14.2 Å². The van der Waals surface area contributed by atoms with E-state index in [2.05, 4.69) is 15.9 Å². The van der Waals surface area contributed by atoms with E-state index in [-0.39, 0.29) is 24.7 Å². The van der Waals surface area contributed by atoms with Gasteiger partial charge in [0.05, 0.1) is 6.61 Å². The molecule has 0 amide bonds. The number of carbonyl (C=O) groups is 1. The van der Waals surface area contributed by atoms with E-state index < -0.39 is 12.0 Å². The van der Waals surface area contributed by atoms with Gasteiger partial charge >= 0.3 is 5.97 Å². The zero-order chi connectivity index (χ0) is 25.8. The van der Waals surface area contributed by atoms with Crippen molar-refractivity contribution in [1.82, 2.24) is 4.57 Å². The number of rotatable bonds is 8. The molecular weight excluding hydrogens is 534 g/mol. The van der Waals surface area contributed by atoms with Crippen LogP contribution in [-0.4, -0.2) is 23.9 Å². The lowest BCUT2D eigenvalue weighted by Crippen LogP contribution is -2.34. The number of ether oxygens (including phenoxy) is 3. The minimum absolute atomic E-state index is 0.0526. The van der Waals surface area contributed by atoms with Crippen molar-refractivity contribution in [2.75, 3.05) is 13.4 Å². The summed E-state index contributed by atoms with van der Waals surface area (Å²) >= 11 is 3.54. The predicted molar refractivity (Wildman–Crippen MR) is 146 cm³/mol. The molecule has 0 spiro atoms. The molecule has 0 radical (unpaired) electrons. The molecule has 1 aromatic heterocycles. The van der Waals surface area contributed by atoms with Crippen LogP contribution in [0.25, 0.3) is 21.9 Å². The first kappa shape index (κ1) is 24.8. The van der Waals surface area contributed by atoms with E-state index in [1.54, 1.807) is 6.07 Å². The Morgan fingerprint density at radius 3 is 2.43 bits per heavy atom. The molecule has 1 aliphatic heterocycles. The molecule has 1 unspecified atom stereocenters. The molecule has 0 N–H and O–H groups in total. The number of halogens is 1. The number of nitrogens with zero attached hydrogens (tertiary/aromatic N) is 1. The summed E-state index contributed by atoms with van der Waals surface area (Å²) in [6.07, 6.45) is 2.60. The summed E-state index contributed by atoms with van der Waals surface area (Å²) < 4.78 is 19.2. The fourth-order valence-electron chi connectivity index (χ4n) is 4.63. The third-order valence-electron chi connectivity index (χ3n) is 6.28. The van der Waals surface area contributed by atoms with Gasteiger partial charge in [0.1, 0.15) is 18.0 Å². The first-order chi connectivity index (χ1) is 18.1. The molecule has 1 atom stereocenters. The number of carbonyl (C=O) groups excluding carboxylic acids is 1. The lowest BCUT2D eigenvalue weighted by Gasteiger charge is -2.26. The minimum atomic E-state index is -0.628. The van der Waals surface area contributed by atoms with Crippen LogP contribution in [0.2, 0.25) is 0 Å². The van der Waals surface area contributed by atoms with Gasteiger partial charge < -0.3 is 14.2 Å². The van der Waals surface area contributed by atoms with Crippen LogP contribution in [0.15, 0.2) is 100 Å². The molecule has 0 aliphatic carbocycles. The molecule has 1 aliphatic rings. The molecule has 4 aromatic rings. The highest BCUT2D eigenvalue weighted by Crippen LogP contribution is 2.36. The van der Waals surface area contributed by atoms with Crippen LogP contribution >= 0.6 is 15.9 Å². The molecule has 7 heteroatoms. The molecule has 0 bridgehead atoms. The summed E-state index contributed by atoms with van der Waals surface area (Å²) in [6, 6.07) is 24.3. The maximum Gasteiger partial charge on any atom is 0.355 e. The Morgan fingerprint density at radius 2 is 1.76 bits per heavy atom. The topological polar surface area (TPSA) is 66.8 Å². The molecule has 37 heavy (non-hydrogen) atoms. The van der Waals surface area contributed by atoms with E-state index in [1.807, 2.05) is 79.7 Å². The Balaban J connectivity index is 1.87. The van der Waals surface area contributed by atoms with Crippen molar-refractivity contribution in [3.05, 3.63) is 117 Å². The number of allylic oxidation sites excluding steroid dienone is 1. The monoisotopic (exact) mass is 559 g/mol. The van der Waals surface area contributed by atoms with E-state index >= 15 is 0 Å². The Kier molecular flexibility index (Phi) is 7.42. The summed E-state index contributed by atoms with van der Waals surface area (Å²) in [6.45, 7) is 2.23. The first-order valence-corrected chi connectivity index (χ1v) is 13.0. The second kappa shape index (κ2) is 11.0. The molecule has 0 saturated heterocycles. The van der Waals surface area contributed by atoms with Crippen LogP contribution in [0.5, 0.6) is 0 Å². The average molecular weight is 560 g/mol. The Labute approximate surface area is 223 Å². The number of hydrogen-bond donors (Lipinski definition) is 0.